The van der Waals surface area contributed by atoms with Gasteiger partial charge >= 0.3 is 0 Å². The molecule has 0 spiro atoms. The highest BCUT2D eigenvalue weighted by Gasteiger charge is 2.09. The average molecular weight is 253 g/mol. The first-order valence-corrected chi connectivity index (χ1v) is 7.21. The molecular weight excluding hydrogens is 230 g/mol. The molecule has 1 rings (SSSR count). The molecular formula is C14H23NOS. The second-order valence-corrected chi connectivity index (χ2v) is 5.62. The number of thioether (sulfide) groups is 1. The highest BCUT2D eigenvalue weighted by Crippen LogP contribution is 2.21. The Bertz CT molecular complexity index is 311. The van der Waals surface area contributed by atoms with Crippen molar-refractivity contribution in [1.82, 2.24) is 5.32 Å². The number of rotatable bonds is 7. The van der Waals surface area contributed by atoms with Crippen molar-refractivity contribution in [3.8, 4) is 5.75 Å². The van der Waals surface area contributed by atoms with E-state index in [1.165, 1.54) is 11.3 Å². The van der Waals surface area contributed by atoms with Crippen LogP contribution in [0, 0.1) is 5.92 Å². The third-order valence-corrected chi connectivity index (χ3v) is 4.07. The fourth-order valence-electron chi connectivity index (χ4n) is 1.60. The summed E-state index contributed by atoms with van der Waals surface area (Å²) >= 11 is 2.01. The molecule has 0 aliphatic rings. The van der Waals surface area contributed by atoms with Gasteiger partial charge in [-0.15, -0.1) is 0 Å². The first kappa shape index (κ1) is 14.4. The van der Waals surface area contributed by atoms with Gasteiger partial charge in [0.1, 0.15) is 5.75 Å². The molecule has 0 aromatic heterocycles. The SMILES string of the molecule is CNC(CSCC(C)C)c1ccc(OC)cc1. The van der Waals surface area contributed by atoms with E-state index in [0.29, 0.717) is 6.04 Å². The zero-order chi connectivity index (χ0) is 12.7. The lowest BCUT2D eigenvalue weighted by atomic mass is 10.1. The molecule has 1 N–H and O–H groups in total. The summed E-state index contributed by atoms with van der Waals surface area (Å²) in [5.74, 6) is 4.00. The van der Waals surface area contributed by atoms with E-state index in [9.17, 15) is 0 Å². The van der Waals surface area contributed by atoms with Crippen LogP contribution in [0.15, 0.2) is 24.3 Å². The van der Waals surface area contributed by atoms with Gasteiger partial charge in [0.15, 0.2) is 0 Å². The lowest BCUT2D eigenvalue weighted by Crippen LogP contribution is -2.19. The van der Waals surface area contributed by atoms with Crippen molar-refractivity contribution in [3.63, 3.8) is 0 Å². The lowest BCUT2D eigenvalue weighted by molar-refractivity contribution is 0.414. The Kier molecular flexibility index (Phi) is 6.45. The van der Waals surface area contributed by atoms with Gasteiger partial charge in [-0.2, -0.15) is 11.8 Å². The van der Waals surface area contributed by atoms with Gasteiger partial charge in [0, 0.05) is 11.8 Å². The topological polar surface area (TPSA) is 21.3 Å². The minimum absolute atomic E-state index is 0.421. The van der Waals surface area contributed by atoms with E-state index in [2.05, 4.69) is 31.3 Å². The van der Waals surface area contributed by atoms with Gasteiger partial charge in [0.25, 0.3) is 0 Å². The molecule has 0 heterocycles. The Labute approximate surface area is 109 Å². The second kappa shape index (κ2) is 7.62. The van der Waals surface area contributed by atoms with Crippen LogP contribution in [0.5, 0.6) is 5.75 Å². The summed E-state index contributed by atoms with van der Waals surface area (Å²) < 4.78 is 5.17. The summed E-state index contributed by atoms with van der Waals surface area (Å²) in [6, 6.07) is 8.73. The molecule has 0 aliphatic heterocycles. The standard InChI is InChI=1S/C14H23NOS/c1-11(2)9-17-10-14(15-3)12-5-7-13(16-4)8-6-12/h5-8,11,14-15H,9-10H2,1-4H3. The third kappa shape index (κ3) is 5.00. The van der Waals surface area contributed by atoms with Crippen LogP contribution in [0.1, 0.15) is 25.5 Å². The number of hydrogen-bond acceptors (Lipinski definition) is 3. The lowest BCUT2D eigenvalue weighted by Gasteiger charge is -2.17. The van der Waals surface area contributed by atoms with E-state index in [1.54, 1.807) is 7.11 Å². The van der Waals surface area contributed by atoms with Gasteiger partial charge < -0.3 is 10.1 Å². The maximum Gasteiger partial charge on any atom is 0.118 e. The fourth-order valence-corrected chi connectivity index (χ4v) is 2.81. The second-order valence-electron chi connectivity index (χ2n) is 4.55. The zero-order valence-electron chi connectivity index (χ0n) is 11.2. The summed E-state index contributed by atoms with van der Waals surface area (Å²) in [6.45, 7) is 4.52. The van der Waals surface area contributed by atoms with Crippen LogP contribution in [0.2, 0.25) is 0 Å². The van der Waals surface area contributed by atoms with Gasteiger partial charge in [-0.05, 0) is 36.4 Å². The van der Waals surface area contributed by atoms with Crippen LogP contribution in [-0.2, 0) is 0 Å². The number of nitrogens with one attached hydrogen (secondary N) is 1. The van der Waals surface area contributed by atoms with E-state index in [-0.39, 0.29) is 0 Å². The van der Waals surface area contributed by atoms with Gasteiger partial charge in [0.05, 0.1) is 7.11 Å². The first-order chi connectivity index (χ1) is 8.17. The number of hydrogen-bond donors (Lipinski definition) is 1. The molecule has 0 radical (unpaired) electrons. The molecule has 2 nitrogen and oxygen atoms in total. The van der Waals surface area contributed by atoms with Gasteiger partial charge in [-0.3, -0.25) is 0 Å². The first-order valence-electron chi connectivity index (χ1n) is 6.06. The van der Waals surface area contributed by atoms with Crippen LogP contribution >= 0.6 is 11.8 Å². The number of benzene rings is 1. The molecule has 0 fully saturated rings. The molecule has 1 unspecified atom stereocenters. The van der Waals surface area contributed by atoms with Gasteiger partial charge in [0.2, 0.25) is 0 Å². The van der Waals surface area contributed by atoms with Crippen LogP contribution in [0.25, 0.3) is 0 Å². The summed E-state index contributed by atoms with van der Waals surface area (Å²) in [6.07, 6.45) is 0. The van der Waals surface area contributed by atoms with E-state index in [0.717, 1.165) is 17.4 Å². The maximum absolute atomic E-state index is 5.17. The molecule has 17 heavy (non-hydrogen) atoms. The normalized spacial score (nSPS) is 12.8. The van der Waals surface area contributed by atoms with Crippen LogP contribution < -0.4 is 10.1 Å². The molecule has 3 heteroatoms. The van der Waals surface area contributed by atoms with Crippen LogP contribution in [-0.4, -0.2) is 25.7 Å². The predicted octanol–water partition coefficient (Wildman–Crippen LogP) is 3.34. The summed E-state index contributed by atoms with van der Waals surface area (Å²) in [5.41, 5.74) is 1.32. The van der Waals surface area contributed by atoms with E-state index in [1.807, 2.05) is 30.9 Å². The Morgan fingerprint density at radius 1 is 1.18 bits per heavy atom. The van der Waals surface area contributed by atoms with E-state index < -0.39 is 0 Å². The highest BCUT2D eigenvalue weighted by atomic mass is 32.2. The monoisotopic (exact) mass is 253 g/mol. The quantitative estimate of drug-likeness (QED) is 0.805. The third-order valence-electron chi connectivity index (χ3n) is 2.60. The summed E-state index contributed by atoms with van der Waals surface area (Å²) in [7, 11) is 3.72. The molecule has 1 aromatic rings. The van der Waals surface area contributed by atoms with E-state index in [4.69, 9.17) is 4.74 Å². The molecule has 0 saturated carbocycles. The molecule has 0 bridgehead atoms. The van der Waals surface area contributed by atoms with Gasteiger partial charge in [-0.25, -0.2) is 0 Å². The van der Waals surface area contributed by atoms with Gasteiger partial charge in [-0.1, -0.05) is 26.0 Å². The number of ether oxygens (including phenoxy) is 1. The Balaban J connectivity index is 2.53. The van der Waals surface area contributed by atoms with Crippen LogP contribution in [0.4, 0.5) is 0 Å². The van der Waals surface area contributed by atoms with E-state index >= 15 is 0 Å². The smallest absolute Gasteiger partial charge is 0.118 e. The minimum Gasteiger partial charge on any atom is -0.497 e. The predicted molar refractivity (Wildman–Crippen MR) is 77.0 cm³/mol. The average Bonchev–Trinajstić information content (AvgIpc) is 2.34. The fraction of sp³-hybridized carbons (Fsp3) is 0.571. The Hall–Kier alpha value is -0.670. The van der Waals surface area contributed by atoms with Crippen molar-refractivity contribution < 1.29 is 4.74 Å². The maximum atomic E-state index is 5.17. The Morgan fingerprint density at radius 2 is 1.82 bits per heavy atom. The van der Waals surface area contributed by atoms with Crippen molar-refractivity contribution in [3.05, 3.63) is 29.8 Å². The van der Waals surface area contributed by atoms with Crippen molar-refractivity contribution in [2.24, 2.45) is 5.92 Å². The van der Waals surface area contributed by atoms with Crippen molar-refractivity contribution in [2.75, 3.05) is 25.7 Å². The molecule has 0 aliphatic carbocycles. The Morgan fingerprint density at radius 3 is 2.29 bits per heavy atom. The van der Waals surface area contributed by atoms with Crippen LogP contribution in [0.3, 0.4) is 0 Å². The van der Waals surface area contributed by atoms with Crippen molar-refractivity contribution in [1.29, 1.82) is 0 Å². The molecule has 1 atom stereocenters. The van der Waals surface area contributed by atoms with Crippen molar-refractivity contribution >= 4 is 11.8 Å². The molecule has 0 saturated heterocycles. The van der Waals surface area contributed by atoms with Crippen molar-refractivity contribution in [2.45, 2.75) is 19.9 Å². The summed E-state index contributed by atoms with van der Waals surface area (Å²) in [5, 5.41) is 3.37. The molecule has 1 aromatic carbocycles. The molecule has 96 valence electrons. The minimum atomic E-state index is 0.421. The number of methoxy groups -OCH3 is 1. The highest BCUT2D eigenvalue weighted by molar-refractivity contribution is 7.99. The molecule has 0 amide bonds. The summed E-state index contributed by atoms with van der Waals surface area (Å²) in [4.78, 5) is 0. The zero-order valence-corrected chi connectivity index (χ0v) is 12.0. The largest absolute Gasteiger partial charge is 0.497 e.